The van der Waals surface area contributed by atoms with E-state index in [9.17, 15) is 0 Å². The molecule has 0 radical (unpaired) electrons. The van der Waals surface area contributed by atoms with E-state index in [0.717, 1.165) is 18.2 Å². The lowest BCUT2D eigenvalue weighted by atomic mass is 9.84. The van der Waals surface area contributed by atoms with Gasteiger partial charge in [0.1, 0.15) is 17.5 Å². The highest BCUT2D eigenvalue weighted by Gasteiger charge is 2.35. The standard InChI is InChI=1S/C13H22N4S/c1-9(2)12-16-10(14)7-11(17-12)15-8-13(18-3)5-4-6-13/h7,9H,4-6,8H2,1-3H3,(H3,14,15,16,17). The van der Waals surface area contributed by atoms with E-state index in [-0.39, 0.29) is 0 Å². The summed E-state index contributed by atoms with van der Waals surface area (Å²) in [5, 5.41) is 3.42. The van der Waals surface area contributed by atoms with Crippen molar-refractivity contribution in [2.45, 2.75) is 43.8 Å². The van der Waals surface area contributed by atoms with Gasteiger partial charge in [-0.1, -0.05) is 20.3 Å². The van der Waals surface area contributed by atoms with Gasteiger partial charge < -0.3 is 11.1 Å². The van der Waals surface area contributed by atoms with Crippen LogP contribution in [0.4, 0.5) is 11.6 Å². The Labute approximate surface area is 113 Å². The third-order valence-electron chi connectivity index (χ3n) is 3.57. The summed E-state index contributed by atoms with van der Waals surface area (Å²) in [6.07, 6.45) is 6.11. The Morgan fingerprint density at radius 3 is 2.67 bits per heavy atom. The molecule has 5 heteroatoms. The minimum absolute atomic E-state index is 0.298. The monoisotopic (exact) mass is 266 g/mol. The zero-order chi connectivity index (χ0) is 13.2. The summed E-state index contributed by atoms with van der Waals surface area (Å²) in [6.45, 7) is 5.11. The van der Waals surface area contributed by atoms with Crippen molar-refractivity contribution in [2.75, 3.05) is 23.9 Å². The van der Waals surface area contributed by atoms with Gasteiger partial charge in [0.05, 0.1) is 0 Å². The number of nitrogen functional groups attached to an aromatic ring is 1. The molecule has 100 valence electrons. The van der Waals surface area contributed by atoms with Gasteiger partial charge in [0.25, 0.3) is 0 Å². The van der Waals surface area contributed by atoms with Gasteiger partial charge in [-0.05, 0) is 19.1 Å². The Morgan fingerprint density at radius 1 is 1.44 bits per heavy atom. The molecular formula is C13H22N4S. The molecule has 1 saturated carbocycles. The van der Waals surface area contributed by atoms with Crippen molar-refractivity contribution in [1.29, 1.82) is 0 Å². The fourth-order valence-electron chi connectivity index (χ4n) is 2.11. The van der Waals surface area contributed by atoms with Crippen LogP contribution in [0.5, 0.6) is 0 Å². The van der Waals surface area contributed by atoms with Gasteiger partial charge in [-0.2, -0.15) is 11.8 Å². The highest BCUT2D eigenvalue weighted by molar-refractivity contribution is 8.00. The molecule has 18 heavy (non-hydrogen) atoms. The first-order valence-corrected chi connectivity index (χ1v) is 7.71. The number of nitrogens with one attached hydrogen (secondary N) is 1. The summed E-state index contributed by atoms with van der Waals surface area (Å²) < 4.78 is 0.401. The highest BCUT2D eigenvalue weighted by Crippen LogP contribution is 2.42. The van der Waals surface area contributed by atoms with Gasteiger partial charge in [-0.25, -0.2) is 9.97 Å². The van der Waals surface area contributed by atoms with Gasteiger partial charge >= 0.3 is 0 Å². The van der Waals surface area contributed by atoms with Crippen LogP contribution < -0.4 is 11.1 Å². The Morgan fingerprint density at radius 2 is 2.17 bits per heavy atom. The van der Waals surface area contributed by atoms with Crippen LogP contribution in [-0.2, 0) is 0 Å². The Bertz CT molecular complexity index is 410. The molecule has 1 aliphatic carbocycles. The van der Waals surface area contributed by atoms with Crippen LogP contribution in [0.15, 0.2) is 6.07 Å². The van der Waals surface area contributed by atoms with Gasteiger partial charge in [0, 0.05) is 23.3 Å². The molecule has 0 bridgehead atoms. The lowest BCUT2D eigenvalue weighted by molar-refractivity contribution is 0.379. The Hall–Kier alpha value is -0.970. The topological polar surface area (TPSA) is 63.8 Å². The van der Waals surface area contributed by atoms with Crippen molar-refractivity contribution in [3.05, 3.63) is 11.9 Å². The number of nitrogens with zero attached hydrogens (tertiary/aromatic N) is 2. The van der Waals surface area contributed by atoms with E-state index in [2.05, 4.69) is 35.4 Å². The minimum atomic E-state index is 0.298. The molecule has 1 aromatic rings. The maximum Gasteiger partial charge on any atom is 0.135 e. The molecule has 0 spiro atoms. The lowest BCUT2D eigenvalue weighted by Crippen LogP contribution is -2.40. The minimum Gasteiger partial charge on any atom is -0.384 e. The molecule has 1 aromatic heterocycles. The maximum absolute atomic E-state index is 5.82. The number of hydrogen-bond acceptors (Lipinski definition) is 5. The zero-order valence-electron chi connectivity index (χ0n) is 11.4. The summed E-state index contributed by atoms with van der Waals surface area (Å²) >= 11 is 1.96. The van der Waals surface area contributed by atoms with Crippen molar-refractivity contribution >= 4 is 23.4 Å². The fraction of sp³-hybridized carbons (Fsp3) is 0.692. The van der Waals surface area contributed by atoms with Gasteiger partial charge in [0.2, 0.25) is 0 Å². The summed E-state index contributed by atoms with van der Waals surface area (Å²) in [7, 11) is 0. The fourth-order valence-corrected chi connectivity index (χ4v) is 3.02. The second kappa shape index (κ2) is 5.34. The number of anilines is 2. The molecule has 1 heterocycles. The summed E-state index contributed by atoms with van der Waals surface area (Å²) in [5.41, 5.74) is 5.82. The largest absolute Gasteiger partial charge is 0.384 e. The van der Waals surface area contributed by atoms with Crippen molar-refractivity contribution in [3.63, 3.8) is 0 Å². The van der Waals surface area contributed by atoms with Crippen molar-refractivity contribution in [1.82, 2.24) is 9.97 Å². The van der Waals surface area contributed by atoms with E-state index in [4.69, 9.17) is 5.73 Å². The lowest BCUT2D eigenvalue weighted by Gasteiger charge is -2.40. The quantitative estimate of drug-likeness (QED) is 0.858. The average Bonchev–Trinajstić information content (AvgIpc) is 2.27. The Balaban J connectivity index is 2.05. The first-order chi connectivity index (χ1) is 8.54. The SMILES string of the molecule is CSC1(CNc2cc(N)nc(C(C)C)n2)CCC1. The van der Waals surface area contributed by atoms with Crippen LogP contribution >= 0.6 is 11.8 Å². The number of nitrogens with two attached hydrogens (primary N) is 1. The number of thioether (sulfide) groups is 1. The Kier molecular flexibility index (Phi) is 4.00. The second-order valence-corrected chi connectivity index (χ2v) is 6.56. The molecule has 1 fully saturated rings. The number of rotatable bonds is 5. The van der Waals surface area contributed by atoms with Crippen LogP contribution in [0.3, 0.4) is 0 Å². The van der Waals surface area contributed by atoms with Crippen LogP contribution in [0, 0.1) is 0 Å². The predicted molar refractivity (Wildman–Crippen MR) is 79.1 cm³/mol. The molecule has 1 aliphatic rings. The zero-order valence-corrected chi connectivity index (χ0v) is 12.2. The van der Waals surface area contributed by atoms with E-state index in [1.54, 1.807) is 0 Å². The third kappa shape index (κ3) is 2.88. The average molecular weight is 266 g/mol. The molecular weight excluding hydrogens is 244 g/mol. The maximum atomic E-state index is 5.82. The normalized spacial score (nSPS) is 17.6. The molecule has 0 aliphatic heterocycles. The number of aromatic nitrogens is 2. The smallest absolute Gasteiger partial charge is 0.135 e. The van der Waals surface area contributed by atoms with Crippen molar-refractivity contribution < 1.29 is 0 Å². The molecule has 2 rings (SSSR count). The molecule has 3 N–H and O–H groups in total. The van der Waals surface area contributed by atoms with Crippen molar-refractivity contribution in [2.24, 2.45) is 0 Å². The molecule has 0 amide bonds. The molecule has 0 saturated heterocycles. The highest BCUT2D eigenvalue weighted by atomic mass is 32.2. The predicted octanol–water partition coefficient (Wildman–Crippen LogP) is 2.88. The summed E-state index contributed by atoms with van der Waals surface area (Å²) in [6, 6.07) is 1.82. The molecule has 4 nitrogen and oxygen atoms in total. The van der Waals surface area contributed by atoms with Crippen molar-refractivity contribution in [3.8, 4) is 0 Å². The molecule has 0 atom stereocenters. The van der Waals surface area contributed by atoms with E-state index < -0.39 is 0 Å². The molecule has 0 unspecified atom stereocenters. The first-order valence-electron chi connectivity index (χ1n) is 6.48. The van der Waals surface area contributed by atoms with E-state index in [0.29, 0.717) is 16.5 Å². The van der Waals surface area contributed by atoms with E-state index in [1.807, 2.05) is 17.8 Å². The van der Waals surface area contributed by atoms with E-state index >= 15 is 0 Å². The summed E-state index contributed by atoms with van der Waals surface area (Å²) in [4.78, 5) is 8.77. The summed E-state index contributed by atoms with van der Waals surface area (Å²) in [5.74, 6) is 2.51. The van der Waals surface area contributed by atoms with Crippen LogP contribution in [0.2, 0.25) is 0 Å². The second-order valence-electron chi connectivity index (χ2n) is 5.29. The van der Waals surface area contributed by atoms with Crippen LogP contribution in [0.1, 0.15) is 44.9 Å². The number of hydrogen-bond donors (Lipinski definition) is 2. The van der Waals surface area contributed by atoms with E-state index in [1.165, 1.54) is 19.3 Å². The molecule has 0 aromatic carbocycles. The van der Waals surface area contributed by atoms with Gasteiger partial charge in [-0.3, -0.25) is 0 Å². The first kappa shape index (κ1) is 13.5. The van der Waals surface area contributed by atoms with Gasteiger partial charge in [-0.15, -0.1) is 0 Å². The van der Waals surface area contributed by atoms with Crippen LogP contribution in [0.25, 0.3) is 0 Å². The van der Waals surface area contributed by atoms with Gasteiger partial charge in [0.15, 0.2) is 0 Å². The third-order valence-corrected chi connectivity index (χ3v) is 4.99. The van der Waals surface area contributed by atoms with Crippen LogP contribution in [-0.4, -0.2) is 27.5 Å².